The standard InChI is InChI=1S/C11H16BrN3O2S/c1-3-15(5-7(2)10(13)14-17)11(16)8-4-9(12)18-6-8/h4,6-7,17H,3,5H2,1-2H3,(H2,13,14). The zero-order valence-electron chi connectivity index (χ0n) is 10.3. The van der Waals surface area contributed by atoms with Gasteiger partial charge in [0.2, 0.25) is 0 Å². The minimum absolute atomic E-state index is 0.0444. The summed E-state index contributed by atoms with van der Waals surface area (Å²) in [6, 6.07) is 1.80. The lowest BCUT2D eigenvalue weighted by molar-refractivity contribution is 0.0754. The molecule has 100 valence electrons. The van der Waals surface area contributed by atoms with E-state index in [2.05, 4.69) is 21.1 Å². The normalized spacial score (nSPS) is 13.4. The highest BCUT2D eigenvalue weighted by Gasteiger charge is 2.19. The number of hydrogen-bond donors (Lipinski definition) is 2. The van der Waals surface area contributed by atoms with Crippen molar-refractivity contribution in [2.75, 3.05) is 13.1 Å². The number of hydrogen-bond acceptors (Lipinski definition) is 4. The predicted molar refractivity (Wildman–Crippen MR) is 76.2 cm³/mol. The number of oxime groups is 1. The van der Waals surface area contributed by atoms with E-state index in [-0.39, 0.29) is 17.7 Å². The number of nitrogens with zero attached hydrogens (tertiary/aromatic N) is 2. The van der Waals surface area contributed by atoms with Crippen molar-refractivity contribution in [3.05, 3.63) is 20.8 Å². The summed E-state index contributed by atoms with van der Waals surface area (Å²) < 4.78 is 0.923. The van der Waals surface area contributed by atoms with E-state index in [1.54, 1.807) is 11.0 Å². The summed E-state index contributed by atoms with van der Waals surface area (Å²) in [4.78, 5) is 13.9. The number of rotatable bonds is 5. The molecule has 1 aromatic rings. The number of amides is 1. The lowest BCUT2D eigenvalue weighted by Gasteiger charge is -2.23. The molecule has 0 aliphatic carbocycles. The van der Waals surface area contributed by atoms with E-state index < -0.39 is 0 Å². The van der Waals surface area contributed by atoms with E-state index in [0.29, 0.717) is 18.7 Å². The molecule has 0 radical (unpaired) electrons. The van der Waals surface area contributed by atoms with Crippen molar-refractivity contribution in [1.29, 1.82) is 0 Å². The van der Waals surface area contributed by atoms with Gasteiger partial charge in [-0.3, -0.25) is 4.79 Å². The molecular formula is C11H16BrN3O2S. The molecule has 5 nitrogen and oxygen atoms in total. The third kappa shape index (κ3) is 3.71. The van der Waals surface area contributed by atoms with Crippen molar-refractivity contribution in [1.82, 2.24) is 4.90 Å². The van der Waals surface area contributed by atoms with Crippen LogP contribution < -0.4 is 5.73 Å². The van der Waals surface area contributed by atoms with E-state index in [0.717, 1.165) is 3.79 Å². The first-order valence-electron chi connectivity index (χ1n) is 5.50. The molecule has 0 aliphatic heterocycles. The Morgan fingerprint density at radius 1 is 1.72 bits per heavy atom. The van der Waals surface area contributed by atoms with E-state index in [1.165, 1.54) is 11.3 Å². The van der Waals surface area contributed by atoms with Crippen LogP contribution in [0.5, 0.6) is 0 Å². The zero-order chi connectivity index (χ0) is 13.7. The van der Waals surface area contributed by atoms with Crippen molar-refractivity contribution < 1.29 is 10.0 Å². The number of nitrogens with two attached hydrogens (primary N) is 1. The van der Waals surface area contributed by atoms with Gasteiger partial charge in [-0.15, -0.1) is 11.3 Å². The van der Waals surface area contributed by atoms with Gasteiger partial charge in [-0.2, -0.15) is 0 Å². The van der Waals surface area contributed by atoms with Gasteiger partial charge < -0.3 is 15.8 Å². The van der Waals surface area contributed by atoms with Crippen LogP contribution in [0.1, 0.15) is 24.2 Å². The van der Waals surface area contributed by atoms with Crippen LogP contribution in [-0.4, -0.2) is 34.9 Å². The Bertz CT molecular complexity index is 447. The van der Waals surface area contributed by atoms with Crippen molar-refractivity contribution in [2.45, 2.75) is 13.8 Å². The minimum atomic E-state index is -0.180. The van der Waals surface area contributed by atoms with Gasteiger partial charge >= 0.3 is 0 Å². The SMILES string of the molecule is CCN(CC(C)C(N)=NO)C(=O)c1csc(Br)c1. The first-order valence-corrected chi connectivity index (χ1v) is 7.17. The van der Waals surface area contributed by atoms with Gasteiger partial charge in [0.15, 0.2) is 0 Å². The molecule has 0 saturated carbocycles. The molecule has 18 heavy (non-hydrogen) atoms. The molecule has 1 heterocycles. The Labute approximate surface area is 118 Å². The molecule has 0 fully saturated rings. The lowest BCUT2D eigenvalue weighted by Crippen LogP contribution is -2.38. The summed E-state index contributed by atoms with van der Waals surface area (Å²) >= 11 is 4.80. The van der Waals surface area contributed by atoms with Crippen molar-refractivity contribution in [2.24, 2.45) is 16.8 Å². The van der Waals surface area contributed by atoms with Gasteiger partial charge in [-0.1, -0.05) is 12.1 Å². The highest BCUT2D eigenvalue weighted by Crippen LogP contribution is 2.22. The van der Waals surface area contributed by atoms with Crippen LogP contribution in [0.2, 0.25) is 0 Å². The average Bonchev–Trinajstić information content (AvgIpc) is 2.80. The van der Waals surface area contributed by atoms with E-state index in [1.807, 2.05) is 19.2 Å². The molecule has 0 saturated heterocycles. The molecule has 0 aromatic carbocycles. The Kier molecular flexibility index (Phi) is 5.61. The maximum atomic E-state index is 12.2. The molecule has 3 N–H and O–H groups in total. The third-order valence-corrected chi connectivity index (χ3v) is 4.10. The monoisotopic (exact) mass is 333 g/mol. The Balaban J connectivity index is 2.75. The fourth-order valence-corrected chi connectivity index (χ4v) is 2.61. The number of amidine groups is 1. The highest BCUT2D eigenvalue weighted by molar-refractivity contribution is 9.11. The minimum Gasteiger partial charge on any atom is -0.409 e. The maximum absolute atomic E-state index is 12.2. The second-order valence-corrected chi connectivity index (χ2v) is 6.20. The molecule has 1 rings (SSSR count). The fourth-order valence-electron chi connectivity index (χ4n) is 1.48. The molecule has 1 atom stereocenters. The van der Waals surface area contributed by atoms with Gasteiger partial charge in [0.25, 0.3) is 5.91 Å². The van der Waals surface area contributed by atoms with Crippen LogP contribution in [0.25, 0.3) is 0 Å². The number of carbonyl (C=O) groups is 1. The molecule has 1 aromatic heterocycles. The molecule has 7 heteroatoms. The molecule has 0 bridgehead atoms. The predicted octanol–water partition coefficient (Wildman–Crippen LogP) is 2.36. The summed E-state index contributed by atoms with van der Waals surface area (Å²) in [5.41, 5.74) is 6.17. The average molecular weight is 334 g/mol. The quantitative estimate of drug-likeness (QED) is 0.375. The van der Waals surface area contributed by atoms with Crippen LogP contribution in [0.4, 0.5) is 0 Å². The molecule has 1 unspecified atom stereocenters. The fraction of sp³-hybridized carbons (Fsp3) is 0.455. The van der Waals surface area contributed by atoms with E-state index in [4.69, 9.17) is 10.9 Å². The number of thiophene rings is 1. The topological polar surface area (TPSA) is 78.9 Å². The van der Waals surface area contributed by atoms with Gasteiger partial charge in [0, 0.05) is 24.4 Å². The van der Waals surface area contributed by atoms with Crippen LogP contribution in [-0.2, 0) is 0 Å². The van der Waals surface area contributed by atoms with Gasteiger partial charge in [0.1, 0.15) is 5.84 Å². The number of carbonyl (C=O) groups excluding carboxylic acids is 1. The maximum Gasteiger partial charge on any atom is 0.254 e. The van der Waals surface area contributed by atoms with E-state index in [9.17, 15) is 4.79 Å². The highest BCUT2D eigenvalue weighted by atomic mass is 79.9. The molecule has 0 spiro atoms. The van der Waals surface area contributed by atoms with Crippen LogP contribution in [0.15, 0.2) is 20.4 Å². The van der Waals surface area contributed by atoms with Crippen LogP contribution in [0.3, 0.4) is 0 Å². The first-order chi connectivity index (χ1) is 8.49. The lowest BCUT2D eigenvalue weighted by atomic mass is 10.1. The van der Waals surface area contributed by atoms with Gasteiger partial charge in [-0.05, 0) is 28.9 Å². The van der Waals surface area contributed by atoms with E-state index >= 15 is 0 Å². The summed E-state index contributed by atoms with van der Waals surface area (Å²) in [6.07, 6.45) is 0. The number of halogens is 1. The second kappa shape index (κ2) is 6.75. The zero-order valence-corrected chi connectivity index (χ0v) is 12.7. The first kappa shape index (κ1) is 15.0. The summed E-state index contributed by atoms with van der Waals surface area (Å²) in [5.74, 6) is -0.0919. The van der Waals surface area contributed by atoms with Crippen LogP contribution in [0, 0.1) is 5.92 Å². The molecule has 0 aliphatic rings. The molecular weight excluding hydrogens is 318 g/mol. The smallest absolute Gasteiger partial charge is 0.254 e. The summed E-state index contributed by atoms with van der Waals surface area (Å²) in [7, 11) is 0. The van der Waals surface area contributed by atoms with Crippen LogP contribution >= 0.6 is 27.3 Å². The third-order valence-electron chi connectivity index (χ3n) is 2.60. The van der Waals surface area contributed by atoms with Gasteiger partial charge in [-0.25, -0.2) is 0 Å². The second-order valence-electron chi connectivity index (χ2n) is 3.91. The summed E-state index contributed by atoms with van der Waals surface area (Å²) in [5, 5.41) is 13.4. The largest absolute Gasteiger partial charge is 0.409 e. The summed E-state index contributed by atoms with van der Waals surface area (Å²) in [6.45, 7) is 4.72. The van der Waals surface area contributed by atoms with Crippen molar-refractivity contribution in [3.63, 3.8) is 0 Å². The van der Waals surface area contributed by atoms with Gasteiger partial charge in [0.05, 0.1) is 9.35 Å². The Morgan fingerprint density at radius 3 is 2.83 bits per heavy atom. The molecule has 1 amide bonds. The Morgan fingerprint density at radius 2 is 2.39 bits per heavy atom. The van der Waals surface area contributed by atoms with Crippen molar-refractivity contribution >= 4 is 39.0 Å². The Hall–Kier alpha value is -1.08. The van der Waals surface area contributed by atoms with Crippen molar-refractivity contribution in [3.8, 4) is 0 Å².